The molecule has 8 nitrogen and oxygen atoms in total. The lowest BCUT2D eigenvalue weighted by molar-refractivity contribution is -0.384. The number of carbonyl (C=O) groups is 1. The molecule has 2 aromatic carbocycles. The molecule has 1 aliphatic rings. The first-order valence-corrected chi connectivity index (χ1v) is 11.5. The second-order valence-corrected chi connectivity index (χ2v) is 8.64. The molecule has 0 N–H and O–H groups in total. The molecule has 2 heterocycles. The van der Waals surface area contributed by atoms with Gasteiger partial charge >= 0.3 is 0 Å². The number of hydrogen-bond donors (Lipinski definition) is 0. The fourth-order valence-electron chi connectivity index (χ4n) is 3.89. The first-order valence-electron chi connectivity index (χ1n) is 10.6. The number of non-ortho nitro benzene ring substituents is 1. The van der Waals surface area contributed by atoms with E-state index in [9.17, 15) is 14.9 Å². The van der Waals surface area contributed by atoms with Crippen molar-refractivity contribution in [2.24, 2.45) is 0 Å². The van der Waals surface area contributed by atoms with Crippen molar-refractivity contribution in [3.05, 3.63) is 86.1 Å². The number of methoxy groups -OCH3 is 1. The number of morpholine rings is 1. The van der Waals surface area contributed by atoms with Crippen LogP contribution in [0.3, 0.4) is 0 Å². The number of anilines is 1. The van der Waals surface area contributed by atoms with Crippen LogP contribution >= 0.6 is 11.3 Å². The maximum absolute atomic E-state index is 13.9. The van der Waals surface area contributed by atoms with Crippen molar-refractivity contribution < 1.29 is 19.2 Å². The predicted octanol–water partition coefficient (Wildman–Crippen LogP) is 4.34. The molecular formula is C24H25N3O5S. The van der Waals surface area contributed by atoms with E-state index in [0.717, 1.165) is 10.4 Å². The van der Waals surface area contributed by atoms with Gasteiger partial charge in [0.05, 0.1) is 49.6 Å². The summed E-state index contributed by atoms with van der Waals surface area (Å²) in [7, 11) is 1.60. The van der Waals surface area contributed by atoms with E-state index in [2.05, 4.69) is 0 Å². The van der Waals surface area contributed by atoms with E-state index in [4.69, 9.17) is 9.47 Å². The highest BCUT2D eigenvalue weighted by atomic mass is 32.1. The Morgan fingerprint density at radius 1 is 1.15 bits per heavy atom. The maximum atomic E-state index is 13.9. The molecule has 1 fully saturated rings. The fraction of sp³-hybridized carbons (Fsp3) is 0.292. The van der Waals surface area contributed by atoms with E-state index in [1.165, 1.54) is 12.1 Å². The number of ether oxygens (including phenoxy) is 2. The number of rotatable bonds is 8. The van der Waals surface area contributed by atoms with Crippen molar-refractivity contribution in [2.45, 2.75) is 13.1 Å². The molecule has 1 aliphatic heterocycles. The van der Waals surface area contributed by atoms with E-state index in [1.807, 2.05) is 46.7 Å². The zero-order valence-electron chi connectivity index (χ0n) is 18.3. The van der Waals surface area contributed by atoms with Crippen molar-refractivity contribution in [1.29, 1.82) is 0 Å². The molecule has 172 valence electrons. The highest BCUT2D eigenvalue weighted by molar-refractivity contribution is 7.09. The fourth-order valence-corrected chi connectivity index (χ4v) is 4.61. The summed E-state index contributed by atoms with van der Waals surface area (Å²) < 4.78 is 10.9. The quantitative estimate of drug-likeness (QED) is 0.362. The molecular weight excluding hydrogens is 442 g/mol. The van der Waals surface area contributed by atoms with Crippen LogP contribution in [0.2, 0.25) is 0 Å². The topological polar surface area (TPSA) is 85.1 Å². The van der Waals surface area contributed by atoms with Crippen LogP contribution in [0.25, 0.3) is 0 Å². The summed E-state index contributed by atoms with van der Waals surface area (Å²) in [6.45, 7) is 3.03. The molecule has 33 heavy (non-hydrogen) atoms. The summed E-state index contributed by atoms with van der Waals surface area (Å²) in [5.41, 5.74) is 1.76. The summed E-state index contributed by atoms with van der Waals surface area (Å²) in [5, 5.41) is 13.5. The van der Waals surface area contributed by atoms with Crippen molar-refractivity contribution in [1.82, 2.24) is 4.90 Å². The highest BCUT2D eigenvalue weighted by Crippen LogP contribution is 2.30. The van der Waals surface area contributed by atoms with Crippen LogP contribution in [-0.4, -0.2) is 49.1 Å². The van der Waals surface area contributed by atoms with E-state index in [0.29, 0.717) is 56.4 Å². The Balaban J connectivity index is 1.74. The lowest BCUT2D eigenvalue weighted by Gasteiger charge is -2.31. The predicted molar refractivity (Wildman–Crippen MR) is 127 cm³/mol. The lowest BCUT2D eigenvalue weighted by atomic mass is 10.1. The second kappa shape index (κ2) is 10.5. The van der Waals surface area contributed by atoms with Gasteiger partial charge in [0, 0.05) is 35.7 Å². The number of hydrogen-bond acceptors (Lipinski definition) is 7. The molecule has 1 aromatic heterocycles. The van der Waals surface area contributed by atoms with Crippen molar-refractivity contribution in [3.63, 3.8) is 0 Å². The summed E-state index contributed by atoms with van der Waals surface area (Å²) in [6.07, 6.45) is 0. The molecule has 0 radical (unpaired) electrons. The number of nitrogens with zero attached hydrogens (tertiary/aromatic N) is 3. The molecule has 0 bridgehead atoms. The van der Waals surface area contributed by atoms with Gasteiger partial charge in [-0.2, -0.15) is 0 Å². The minimum atomic E-state index is -0.469. The molecule has 1 amide bonds. The van der Waals surface area contributed by atoms with E-state index < -0.39 is 4.92 Å². The Kier molecular flexibility index (Phi) is 7.21. The molecule has 0 saturated carbocycles. The Labute approximate surface area is 196 Å². The molecule has 0 atom stereocenters. The zero-order chi connectivity index (χ0) is 23.2. The number of para-hydroxylation sites is 1. The van der Waals surface area contributed by atoms with Crippen LogP contribution in [-0.2, 0) is 17.8 Å². The SMILES string of the molecule is COc1ccccc1CN(Cc1cccs1)C(=O)c1cc([N+](=O)[O-])ccc1N1CCOCC1. The molecule has 0 unspecified atom stereocenters. The number of nitro groups is 1. The number of carbonyl (C=O) groups excluding carboxylic acids is 1. The summed E-state index contributed by atoms with van der Waals surface area (Å²) >= 11 is 1.56. The van der Waals surface area contributed by atoms with Gasteiger partial charge in [-0.15, -0.1) is 11.3 Å². The number of nitro benzene ring substituents is 1. The standard InChI is InChI=1S/C24H25N3O5S/c1-31-23-7-3-2-5-18(23)16-26(17-20-6-4-14-33-20)24(28)21-15-19(27(29)30)8-9-22(21)25-10-12-32-13-11-25/h2-9,14-15H,10-13,16-17H2,1H3. The minimum Gasteiger partial charge on any atom is -0.496 e. The third-order valence-electron chi connectivity index (χ3n) is 5.54. The van der Waals surface area contributed by atoms with Gasteiger partial charge in [-0.25, -0.2) is 0 Å². The van der Waals surface area contributed by atoms with Crippen LogP contribution < -0.4 is 9.64 Å². The molecule has 0 aliphatic carbocycles. The Hall–Kier alpha value is -3.43. The van der Waals surface area contributed by atoms with Gasteiger partial charge < -0.3 is 19.3 Å². The van der Waals surface area contributed by atoms with Gasteiger partial charge in [0.15, 0.2) is 0 Å². The molecule has 0 spiro atoms. The van der Waals surface area contributed by atoms with Crippen LogP contribution in [0.1, 0.15) is 20.8 Å². The van der Waals surface area contributed by atoms with Gasteiger partial charge in [-0.3, -0.25) is 14.9 Å². The minimum absolute atomic E-state index is 0.108. The Morgan fingerprint density at radius 3 is 2.64 bits per heavy atom. The third-order valence-corrected chi connectivity index (χ3v) is 6.40. The van der Waals surface area contributed by atoms with Crippen LogP contribution in [0.5, 0.6) is 5.75 Å². The smallest absolute Gasteiger partial charge is 0.270 e. The van der Waals surface area contributed by atoms with Crippen LogP contribution in [0, 0.1) is 10.1 Å². The molecule has 3 aromatic rings. The van der Waals surface area contributed by atoms with E-state index in [-0.39, 0.29) is 11.6 Å². The molecule has 1 saturated heterocycles. The van der Waals surface area contributed by atoms with Crippen LogP contribution in [0.15, 0.2) is 60.0 Å². The summed E-state index contributed by atoms with van der Waals surface area (Å²) in [4.78, 5) is 29.7. The Morgan fingerprint density at radius 2 is 1.94 bits per heavy atom. The number of benzene rings is 2. The average Bonchev–Trinajstić information content (AvgIpc) is 3.37. The van der Waals surface area contributed by atoms with Gasteiger partial charge in [0.1, 0.15) is 5.75 Å². The monoisotopic (exact) mass is 467 g/mol. The van der Waals surface area contributed by atoms with Crippen molar-refractivity contribution in [2.75, 3.05) is 38.3 Å². The van der Waals surface area contributed by atoms with Gasteiger partial charge in [-0.1, -0.05) is 24.3 Å². The van der Waals surface area contributed by atoms with Gasteiger partial charge in [0.25, 0.3) is 11.6 Å². The maximum Gasteiger partial charge on any atom is 0.270 e. The van der Waals surface area contributed by atoms with Gasteiger partial charge in [-0.05, 0) is 23.6 Å². The van der Waals surface area contributed by atoms with Gasteiger partial charge in [0.2, 0.25) is 0 Å². The Bertz CT molecular complexity index is 1110. The average molecular weight is 468 g/mol. The number of amides is 1. The third kappa shape index (κ3) is 5.32. The zero-order valence-corrected chi connectivity index (χ0v) is 19.1. The first-order chi connectivity index (χ1) is 16.1. The second-order valence-electron chi connectivity index (χ2n) is 7.61. The van der Waals surface area contributed by atoms with Crippen LogP contribution in [0.4, 0.5) is 11.4 Å². The van der Waals surface area contributed by atoms with E-state index in [1.54, 1.807) is 29.4 Å². The van der Waals surface area contributed by atoms with E-state index >= 15 is 0 Å². The first kappa shape index (κ1) is 22.8. The largest absolute Gasteiger partial charge is 0.496 e. The normalized spacial score (nSPS) is 13.5. The summed E-state index contributed by atoms with van der Waals surface area (Å²) in [6, 6.07) is 16.0. The van der Waals surface area contributed by atoms with Crippen molar-refractivity contribution in [3.8, 4) is 5.75 Å². The summed E-state index contributed by atoms with van der Waals surface area (Å²) in [5.74, 6) is 0.424. The molecule has 4 rings (SSSR count). The highest BCUT2D eigenvalue weighted by Gasteiger charge is 2.26. The lowest BCUT2D eigenvalue weighted by Crippen LogP contribution is -2.38. The van der Waals surface area contributed by atoms with Crippen molar-refractivity contribution >= 4 is 28.6 Å². The number of thiophene rings is 1. The molecule has 9 heteroatoms.